The van der Waals surface area contributed by atoms with E-state index in [-0.39, 0.29) is 5.82 Å². The minimum Gasteiger partial charge on any atom is -0.490 e. The summed E-state index contributed by atoms with van der Waals surface area (Å²) in [6.07, 6.45) is 1.42. The van der Waals surface area contributed by atoms with E-state index in [1.54, 1.807) is 33.2 Å². The summed E-state index contributed by atoms with van der Waals surface area (Å²) in [5.74, 6) is 1.37. The average molecular weight is 262 g/mol. The minimum absolute atomic E-state index is 0.240. The van der Waals surface area contributed by atoms with Crippen LogP contribution in [0.5, 0.6) is 5.75 Å². The van der Waals surface area contributed by atoms with Crippen LogP contribution in [0.15, 0.2) is 24.5 Å². The SMILES string of the molecule is CNc1ncnc(Nc2ccc(F)c(C)c2)c1OC. The molecule has 6 heteroatoms. The van der Waals surface area contributed by atoms with Gasteiger partial charge in [0.1, 0.15) is 12.1 Å². The molecule has 0 radical (unpaired) electrons. The summed E-state index contributed by atoms with van der Waals surface area (Å²) in [4.78, 5) is 8.18. The molecule has 0 unspecified atom stereocenters. The van der Waals surface area contributed by atoms with Gasteiger partial charge in [0.05, 0.1) is 7.11 Å². The molecule has 5 nitrogen and oxygen atoms in total. The number of hydrogen-bond acceptors (Lipinski definition) is 5. The van der Waals surface area contributed by atoms with Crippen molar-refractivity contribution in [3.8, 4) is 5.75 Å². The molecule has 0 fully saturated rings. The maximum absolute atomic E-state index is 13.2. The first-order valence-corrected chi connectivity index (χ1v) is 5.75. The Labute approximate surface area is 110 Å². The molecule has 0 aliphatic rings. The highest BCUT2D eigenvalue weighted by Crippen LogP contribution is 2.31. The number of nitrogens with one attached hydrogen (secondary N) is 2. The lowest BCUT2D eigenvalue weighted by atomic mass is 10.2. The van der Waals surface area contributed by atoms with Crippen molar-refractivity contribution in [3.63, 3.8) is 0 Å². The fraction of sp³-hybridized carbons (Fsp3) is 0.231. The first-order valence-electron chi connectivity index (χ1n) is 5.75. The van der Waals surface area contributed by atoms with E-state index in [2.05, 4.69) is 20.6 Å². The molecule has 2 N–H and O–H groups in total. The van der Waals surface area contributed by atoms with Gasteiger partial charge in [-0.15, -0.1) is 0 Å². The molecule has 0 aliphatic carbocycles. The monoisotopic (exact) mass is 262 g/mol. The third kappa shape index (κ3) is 2.73. The van der Waals surface area contributed by atoms with E-state index in [9.17, 15) is 4.39 Å². The topological polar surface area (TPSA) is 59.1 Å². The Hall–Kier alpha value is -2.37. The number of aryl methyl sites for hydroxylation is 1. The van der Waals surface area contributed by atoms with Crippen molar-refractivity contribution in [3.05, 3.63) is 35.9 Å². The number of hydrogen-bond donors (Lipinski definition) is 2. The summed E-state index contributed by atoms with van der Waals surface area (Å²) in [5, 5.41) is 6.00. The maximum Gasteiger partial charge on any atom is 0.204 e. The molecular formula is C13H15FN4O. The zero-order valence-corrected chi connectivity index (χ0v) is 11.0. The molecule has 0 atom stereocenters. The summed E-state index contributed by atoms with van der Waals surface area (Å²) >= 11 is 0. The van der Waals surface area contributed by atoms with Crippen LogP contribution in [0.2, 0.25) is 0 Å². The second-order valence-electron chi connectivity index (χ2n) is 3.94. The molecule has 0 spiro atoms. The number of anilines is 3. The highest BCUT2D eigenvalue weighted by atomic mass is 19.1. The van der Waals surface area contributed by atoms with Crippen LogP contribution in [0.1, 0.15) is 5.56 Å². The molecule has 0 saturated carbocycles. The summed E-state index contributed by atoms with van der Waals surface area (Å²) in [6.45, 7) is 1.71. The molecule has 0 bridgehead atoms. The molecule has 2 rings (SSSR count). The second kappa shape index (κ2) is 5.51. The standard InChI is InChI=1S/C13H15FN4O/c1-8-6-9(4-5-10(8)14)18-13-11(19-3)12(15-2)16-7-17-13/h4-7H,1-3H3,(H2,15,16,17,18). The Balaban J connectivity index is 2.35. The predicted molar refractivity (Wildman–Crippen MR) is 72.6 cm³/mol. The second-order valence-corrected chi connectivity index (χ2v) is 3.94. The van der Waals surface area contributed by atoms with Crippen LogP contribution in [0.4, 0.5) is 21.7 Å². The van der Waals surface area contributed by atoms with Gasteiger partial charge in [-0.1, -0.05) is 0 Å². The Kier molecular flexibility index (Phi) is 3.79. The van der Waals surface area contributed by atoms with Crippen LogP contribution in [0, 0.1) is 12.7 Å². The summed E-state index contributed by atoms with van der Waals surface area (Å²) in [5.41, 5.74) is 1.30. The van der Waals surface area contributed by atoms with Crippen molar-refractivity contribution < 1.29 is 9.13 Å². The lowest BCUT2D eigenvalue weighted by Gasteiger charge is -2.13. The zero-order chi connectivity index (χ0) is 13.8. The van der Waals surface area contributed by atoms with Gasteiger partial charge in [0, 0.05) is 12.7 Å². The first kappa shape index (κ1) is 13.1. The minimum atomic E-state index is -0.240. The fourth-order valence-electron chi connectivity index (χ4n) is 1.69. The van der Waals surface area contributed by atoms with Crippen LogP contribution >= 0.6 is 0 Å². The quantitative estimate of drug-likeness (QED) is 0.887. The highest BCUT2D eigenvalue weighted by Gasteiger charge is 2.11. The first-order chi connectivity index (χ1) is 9.15. The van der Waals surface area contributed by atoms with Gasteiger partial charge in [0.15, 0.2) is 11.6 Å². The molecule has 2 aromatic rings. The van der Waals surface area contributed by atoms with Gasteiger partial charge < -0.3 is 15.4 Å². The van der Waals surface area contributed by atoms with Crippen molar-refractivity contribution in [1.29, 1.82) is 0 Å². The van der Waals surface area contributed by atoms with Gasteiger partial charge in [-0.2, -0.15) is 0 Å². The zero-order valence-electron chi connectivity index (χ0n) is 11.0. The number of benzene rings is 1. The van der Waals surface area contributed by atoms with Gasteiger partial charge in [-0.25, -0.2) is 14.4 Å². The van der Waals surface area contributed by atoms with E-state index in [1.807, 2.05) is 0 Å². The van der Waals surface area contributed by atoms with Crippen LogP contribution < -0.4 is 15.4 Å². The van der Waals surface area contributed by atoms with Crippen LogP contribution in [-0.4, -0.2) is 24.1 Å². The number of nitrogens with zero attached hydrogens (tertiary/aromatic N) is 2. The van der Waals surface area contributed by atoms with E-state index in [4.69, 9.17) is 4.74 Å². The van der Waals surface area contributed by atoms with E-state index >= 15 is 0 Å². The molecule has 1 heterocycles. The summed E-state index contributed by atoms with van der Waals surface area (Å²) < 4.78 is 18.5. The van der Waals surface area contributed by atoms with Crippen molar-refractivity contribution in [1.82, 2.24) is 9.97 Å². The molecule has 1 aromatic carbocycles. The summed E-state index contributed by atoms with van der Waals surface area (Å²) in [6, 6.07) is 4.75. The van der Waals surface area contributed by atoms with Crippen molar-refractivity contribution in [2.45, 2.75) is 6.92 Å². The molecule has 100 valence electrons. The molecular weight excluding hydrogens is 247 g/mol. The highest BCUT2D eigenvalue weighted by molar-refractivity contribution is 5.69. The lowest BCUT2D eigenvalue weighted by Crippen LogP contribution is -2.03. The van der Waals surface area contributed by atoms with Gasteiger partial charge in [0.2, 0.25) is 5.75 Å². The van der Waals surface area contributed by atoms with E-state index < -0.39 is 0 Å². The van der Waals surface area contributed by atoms with Gasteiger partial charge in [-0.05, 0) is 30.7 Å². The number of aromatic nitrogens is 2. The van der Waals surface area contributed by atoms with Gasteiger partial charge in [-0.3, -0.25) is 0 Å². The Bertz CT molecular complexity index is 589. The Morgan fingerprint density at radius 1 is 1.21 bits per heavy atom. The van der Waals surface area contributed by atoms with Crippen molar-refractivity contribution in [2.75, 3.05) is 24.8 Å². The number of halogens is 1. The van der Waals surface area contributed by atoms with Crippen LogP contribution in [0.3, 0.4) is 0 Å². The van der Waals surface area contributed by atoms with Crippen LogP contribution in [0.25, 0.3) is 0 Å². The lowest BCUT2D eigenvalue weighted by molar-refractivity contribution is 0.415. The molecule has 0 amide bonds. The fourth-order valence-corrected chi connectivity index (χ4v) is 1.69. The Morgan fingerprint density at radius 3 is 2.58 bits per heavy atom. The van der Waals surface area contributed by atoms with Gasteiger partial charge >= 0.3 is 0 Å². The van der Waals surface area contributed by atoms with Crippen molar-refractivity contribution >= 4 is 17.3 Å². The van der Waals surface area contributed by atoms with Gasteiger partial charge in [0.25, 0.3) is 0 Å². The van der Waals surface area contributed by atoms with E-state index in [0.29, 0.717) is 22.9 Å². The Morgan fingerprint density at radius 2 is 1.95 bits per heavy atom. The summed E-state index contributed by atoms with van der Waals surface area (Å²) in [7, 11) is 3.29. The van der Waals surface area contributed by atoms with E-state index in [0.717, 1.165) is 5.69 Å². The number of methoxy groups -OCH3 is 1. The van der Waals surface area contributed by atoms with Crippen LogP contribution in [-0.2, 0) is 0 Å². The third-order valence-corrected chi connectivity index (χ3v) is 2.67. The smallest absolute Gasteiger partial charge is 0.204 e. The number of ether oxygens (including phenoxy) is 1. The largest absolute Gasteiger partial charge is 0.490 e. The molecule has 1 aromatic heterocycles. The molecule has 0 aliphatic heterocycles. The number of rotatable bonds is 4. The molecule has 19 heavy (non-hydrogen) atoms. The molecule has 0 saturated heterocycles. The van der Waals surface area contributed by atoms with Crippen molar-refractivity contribution in [2.24, 2.45) is 0 Å². The maximum atomic E-state index is 13.2. The average Bonchev–Trinajstić information content (AvgIpc) is 2.42. The third-order valence-electron chi connectivity index (χ3n) is 2.67. The van der Waals surface area contributed by atoms with E-state index in [1.165, 1.54) is 12.4 Å². The normalized spacial score (nSPS) is 10.1. The predicted octanol–water partition coefficient (Wildman–Crippen LogP) is 2.72.